The van der Waals surface area contributed by atoms with Gasteiger partial charge in [-0.3, -0.25) is 14.4 Å². The van der Waals surface area contributed by atoms with E-state index in [2.05, 4.69) is 26.8 Å². The SMILES string of the molecule is CCCC(=O)OC1C(=O)c2ccc(OC/C=C(\C)CCC=C(C)C)cc2C1=O. The van der Waals surface area contributed by atoms with E-state index in [4.69, 9.17) is 9.47 Å². The molecular formula is C23H28O5. The zero-order chi connectivity index (χ0) is 20.7. The number of rotatable bonds is 9. The van der Waals surface area contributed by atoms with Crippen molar-refractivity contribution in [1.29, 1.82) is 0 Å². The number of carbonyl (C=O) groups is 3. The third-order valence-electron chi connectivity index (χ3n) is 4.47. The number of allylic oxidation sites excluding steroid dienone is 3. The molecule has 0 radical (unpaired) electrons. The molecule has 1 aliphatic rings. The van der Waals surface area contributed by atoms with Gasteiger partial charge in [0.2, 0.25) is 17.7 Å². The Labute approximate surface area is 166 Å². The van der Waals surface area contributed by atoms with Gasteiger partial charge in [0, 0.05) is 17.5 Å². The van der Waals surface area contributed by atoms with E-state index in [1.54, 1.807) is 18.2 Å². The fourth-order valence-electron chi connectivity index (χ4n) is 2.91. The average Bonchev–Trinajstić information content (AvgIpc) is 2.86. The first kappa shape index (κ1) is 21.6. The van der Waals surface area contributed by atoms with Gasteiger partial charge in [-0.1, -0.05) is 24.1 Å². The van der Waals surface area contributed by atoms with Crippen molar-refractivity contribution in [2.75, 3.05) is 6.61 Å². The van der Waals surface area contributed by atoms with Crippen LogP contribution in [-0.2, 0) is 9.53 Å². The molecule has 28 heavy (non-hydrogen) atoms. The van der Waals surface area contributed by atoms with Gasteiger partial charge in [0.05, 0.1) is 0 Å². The third-order valence-corrected chi connectivity index (χ3v) is 4.47. The van der Waals surface area contributed by atoms with Crippen molar-refractivity contribution >= 4 is 17.5 Å². The summed E-state index contributed by atoms with van der Waals surface area (Å²) in [6, 6.07) is 4.77. The van der Waals surface area contributed by atoms with Crippen molar-refractivity contribution in [2.24, 2.45) is 0 Å². The van der Waals surface area contributed by atoms with Gasteiger partial charge in [-0.05, 0) is 64.3 Å². The van der Waals surface area contributed by atoms with Crippen LogP contribution >= 0.6 is 0 Å². The molecule has 0 aliphatic heterocycles. The van der Waals surface area contributed by atoms with Crippen LogP contribution in [0, 0.1) is 0 Å². The van der Waals surface area contributed by atoms with E-state index >= 15 is 0 Å². The van der Waals surface area contributed by atoms with Crippen molar-refractivity contribution in [2.45, 2.75) is 59.5 Å². The summed E-state index contributed by atoms with van der Waals surface area (Å²) >= 11 is 0. The number of fused-ring (bicyclic) bond motifs is 1. The highest BCUT2D eigenvalue weighted by Crippen LogP contribution is 2.28. The molecule has 5 heteroatoms. The minimum absolute atomic E-state index is 0.182. The van der Waals surface area contributed by atoms with Crippen LogP contribution in [-0.4, -0.2) is 30.2 Å². The van der Waals surface area contributed by atoms with E-state index in [0.717, 1.165) is 12.8 Å². The van der Waals surface area contributed by atoms with Crippen LogP contribution in [0.2, 0.25) is 0 Å². The minimum atomic E-state index is -1.36. The molecule has 2 rings (SSSR count). The topological polar surface area (TPSA) is 69.7 Å². The van der Waals surface area contributed by atoms with Crippen LogP contribution in [0.15, 0.2) is 41.5 Å². The zero-order valence-electron chi connectivity index (χ0n) is 17.0. The molecule has 0 amide bonds. The standard InChI is InChI=1S/C23H28O5/c1-5-7-20(24)28-23-21(25)18-11-10-17(14-19(18)22(23)26)27-13-12-16(4)9-6-8-15(2)3/h8,10-12,14,23H,5-7,9,13H2,1-4H3/b16-12+. The first-order valence-electron chi connectivity index (χ1n) is 9.67. The quantitative estimate of drug-likeness (QED) is 0.346. The second-order valence-corrected chi connectivity index (χ2v) is 7.24. The van der Waals surface area contributed by atoms with E-state index in [0.29, 0.717) is 18.8 Å². The smallest absolute Gasteiger partial charge is 0.306 e. The Bertz CT molecular complexity index is 812. The molecule has 0 saturated carbocycles. The minimum Gasteiger partial charge on any atom is -0.490 e. The lowest BCUT2D eigenvalue weighted by atomic mass is 10.1. The fraction of sp³-hybridized carbons (Fsp3) is 0.435. The van der Waals surface area contributed by atoms with E-state index in [1.807, 2.05) is 13.0 Å². The van der Waals surface area contributed by atoms with Gasteiger partial charge < -0.3 is 9.47 Å². The summed E-state index contributed by atoms with van der Waals surface area (Å²) in [4.78, 5) is 36.5. The molecule has 1 atom stereocenters. The summed E-state index contributed by atoms with van der Waals surface area (Å²) in [5, 5.41) is 0. The number of hydrogen-bond donors (Lipinski definition) is 0. The van der Waals surface area contributed by atoms with Gasteiger partial charge in [0.25, 0.3) is 0 Å². The number of ether oxygens (including phenoxy) is 2. The summed E-state index contributed by atoms with van der Waals surface area (Å²) in [5.41, 5.74) is 3.06. The molecule has 0 spiro atoms. The number of hydrogen-bond acceptors (Lipinski definition) is 5. The molecule has 1 unspecified atom stereocenters. The highest BCUT2D eigenvalue weighted by atomic mass is 16.6. The number of Topliss-reactive ketones (excluding diaryl/α,β-unsaturated/α-hetero) is 2. The maximum Gasteiger partial charge on any atom is 0.306 e. The Kier molecular flexibility index (Phi) is 7.73. The van der Waals surface area contributed by atoms with E-state index in [9.17, 15) is 14.4 Å². The average molecular weight is 384 g/mol. The molecule has 1 aromatic rings. The lowest BCUT2D eigenvalue weighted by molar-refractivity contribution is -0.145. The molecule has 0 fully saturated rings. The molecular weight excluding hydrogens is 356 g/mol. The van der Waals surface area contributed by atoms with E-state index in [1.165, 1.54) is 11.1 Å². The first-order valence-corrected chi connectivity index (χ1v) is 9.67. The summed E-state index contributed by atoms with van der Waals surface area (Å²) in [5.74, 6) is -0.977. The van der Waals surface area contributed by atoms with Crippen molar-refractivity contribution in [3.8, 4) is 5.75 Å². The highest BCUT2D eigenvalue weighted by molar-refractivity contribution is 6.29. The monoisotopic (exact) mass is 384 g/mol. The van der Waals surface area contributed by atoms with Crippen LogP contribution in [0.3, 0.4) is 0 Å². The van der Waals surface area contributed by atoms with Gasteiger partial charge in [-0.25, -0.2) is 0 Å². The number of benzene rings is 1. The van der Waals surface area contributed by atoms with Gasteiger partial charge >= 0.3 is 5.97 Å². The molecule has 0 saturated heterocycles. The predicted molar refractivity (Wildman–Crippen MR) is 108 cm³/mol. The van der Waals surface area contributed by atoms with Gasteiger partial charge in [-0.15, -0.1) is 0 Å². The van der Waals surface area contributed by atoms with Crippen LogP contribution < -0.4 is 4.74 Å². The number of carbonyl (C=O) groups excluding carboxylic acids is 3. The van der Waals surface area contributed by atoms with Crippen LogP contribution in [0.1, 0.15) is 74.1 Å². The van der Waals surface area contributed by atoms with Gasteiger partial charge in [0.15, 0.2) is 0 Å². The Morgan fingerprint density at radius 3 is 2.43 bits per heavy atom. The molecule has 150 valence electrons. The highest BCUT2D eigenvalue weighted by Gasteiger charge is 2.41. The first-order chi connectivity index (χ1) is 13.3. The maximum atomic E-state index is 12.5. The molecule has 1 aliphatic carbocycles. The molecule has 0 N–H and O–H groups in total. The summed E-state index contributed by atoms with van der Waals surface area (Å²) in [6.45, 7) is 8.43. The van der Waals surface area contributed by atoms with Crippen LogP contribution in [0.25, 0.3) is 0 Å². The summed E-state index contributed by atoms with van der Waals surface area (Å²) in [6.07, 6.45) is 5.59. The van der Waals surface area contributed by atoms with Crippen LogP contribution in [0.5, 0.6) is 5.75 Å². The normalized spacial score (nSPS) is 16.0. The van der Waals surface area contributed by atoms with Crippen molar-refractivity contribution in [3.63, 3.8) is 0 Å². The molecule has 0 aromatic heterocycles. The fourth-order valence-corrected chi connectivity index (χ4v) is 2.91. The van der Waals surface area contributed by atoms with Gasteiger partial charge in [-0.2, -0.15) is 0 Å². The van der Waals surface area contributed by atoms with Crippen molar-refractivity contribution < 1.29 is 23.9 Å². The van der Waals surface area contributed by atoms with Crippen molar-refractivity contribution in [3.05, 3.63) is 52.6 Å². The Morgan fingerprint density at radius 2 is 1.75 bits per heavy atom. The number of esters is 1. The molecule has 1 aromatic carbocycles. The molecule has 5 nitrogen and oxygen atoms in total. The van der Waals surface area contributed by atoms with Crippen LogP contribution in [0.4, 0.5) is 0 Å². The van der Waals surface area contributed by atoms with Crippen molar-refractivity contribution in [1.82, 2.24) is 0 Å². The zero-order valence-corrected chi connectivity index (χ0v) is 17.0. The second-order valence-electron chi connectivity index (χ2n) is 7.24. The largest absolute Gasteiger partial charge is 0.490 e. The van der Waals surface area contributed by atoms with Gasteiger partial charge in [0.1, 0.15) is 12.4 Å². The Balaban J connectivity index is 1.98. The Morgan fingerprint density at radius 1 is 1.04 bits per heavy atom. The number of ketones is 2. The molecule has 0 bridgehead atoms. The molecule has 0 heterocycles. The Hall–Kier alpha value is -2.69. The summed E-state index contributed by atoms with van der Waals surface area (Å²) in [7, 11) is 0. The van der Waals surface area contributed by atoms with E-state index < -0.39 is 23.6 Å². The lowest BCUT2D eigenvalue weighted by Gasteiger charge is -2.08. The lowest BCUT2D eigenvalue weighted by Crippen LogP contribution is -2.28. The predicted octanol–water partition coefficient (Wildman–Crippen LogP) is 4.85. The second kappa shape index (κ2) is 10.0. The maximum absolute atomic E-state index is 12.5. The van der Waals surface area contributed by atoms with E-state index in [-0.39, 0.29) is 17.5 Å². The summed E-state index contributed by atoms with van der Waals surface area (Å²) < 4.78 is 10.8. The third kappa shape index (κ3) is 5.65.